The maximum absolute atomic E-state index is 12.6. The lowest BCUT2D eigenvalue weighted by atomic mass is 10.2. The fourth-order valence-corrected chi connectivity index (χ4v) is 2.82. The lowest BCUT2D eigenvalue weighted by Crippen LogP contribution is -2.45. The Morgan fingerprint density at radius 3 is 2.54 bits per heavy atom. The summed E-state index contributed by atoms with van der Waals surface area (Å²) in [5.74, 6) is 0.389. The van der Waals surface area contributed by atoms with Gasteiger partial charge < -0.3 is 9.64 Å². The largest absolute Gasteiger partial charge is 0.378 e. The van der Waals surface area contributed by atoms with Crippen LogP contribution in [0.4, 0.5) is 0 Å². The molecule has 1 aliphatic heterocycles. The highest BCUT2D eigenvalue weighted by Crippen LogP contribution is 2.12. The fraction of sp³-hybridized carbons (Fsp3) is 0.500. The minimum atomic E-state index is -0.674. The Labute approximate surface area is 139 Å². The van der Waals surface area contributed by atoms with Crippen molar-refractivity contribution in [2.24, 2.45) is 0 Å². The van der Waals surface area contributed by atoms with Crippen LogP contribution in [0.2, 0.25) is 0 Å². The molecule has 3 rings (SSSR count). The van der Waals surface area contributed by atoms with E-state index in [1.807, 2.05) is 19.9 Å². The van der Waals surface area contributed by atoms with Crippen LogP contribution in [0, 0.1) is 13.8 Å². The highest BCUT2D eigenvalue weighted by atomic mass is 16.5. The van der Waals surface area contributed by atoms with Crippen molar-refractivity contribution in [2.45, 2.75) is 26.8 Å². The number of ether oxygens (including phenoxy) is 1. The van der Waals surface area contributed by atoms with Gasteiger partial charge in [0.2, 0.25) is 5.91 Å². The van der Waals surface area contributed by atoms with Gasteiger partial charge in [0, 0.05) is 24.8 Å². The number of aryl methyl sites for hydroxylation is 2. The van der Waals surface area contributed by atoms with Crippen molar-refractivity contribution >= 4 is 5.91 Å². The number of hydrogen-bond acceptors (Lipinski definition) is 5. The van der Waals surface area contributed by atoms with Crippen molar-refractivity contribution in [3.63, 3.8) is 0 Å². The van der Waals surface area contributed by atoms with E-state index in [4.69, 9.17) is 4.74 Å². The smallest absolute Gasteiger partial charge is 0.267 e. The zero-order valence-corrected chi connectivity index (χ0v) is 14.1. The van der Waals surface area contributed by atoms with E-state index >= 15 is 0 Å². The second-order valence-electron chi connectivity index (χ2n) is 5.93. The standard InChI is InChI=1S/C16H21N5O3/c1-11-10-12(2)20(17-11)14-4-5-15(22)21(18-14)13(3)16(23)19-6-8-24-9-7-19/h4-5,10,13H,6-9H2,1-3H3. The van der Waals surface area contributed by atoms with Crippen LogP contribution >= 0.6 is 0 Å². The van der Waals surface area contributed by atoms with Crippen molar-refractivity contribution in [2.75, 3.05) is 26.3 Å². The van der Waals surface area contributed by atoms with Crippen molar-refractivity contribution in [3.8, 4) is 5.82 Å². The van der Waals surface area contributed by atoms with Crippen molar-refractivity contribution in [3.05, 3.63) is 39.9 Å². The number of morpholine rings is 1. The van der Waals surface area contributed by atoms with E-state index in [0.29, 0.717) is 32.1 Å². The first kappa shape index (κ1) is 16.4. The van der Waals surface area contributed by atoms with Gasteiger partial charge in [-0.05, 0) is 32.9 Å². The minimum absolute atomic E-state index is 0.126. The molecule has 8 nitrogen and oxygen atoms in total. The minimum Gasteiger partial charge on any atom is -0.378 e. The van der Waals surface area contributed by atoms with E-state index in [0.717, 1.165) is 11.4 Å². The van der Waals surface area contributed by atoms with Crippen LogP contribution in [-0.2, 0) is 9.53 Å². The normalized spacial score (nSPS) is 16.2. The quantitative estimate of drug-likeness (QED) is 0.816. The Balaban J connectivity index is 1.92. The highest BCUT2D eigenvalue weighted by Gasteiger charge is 2.25. The van der Waals surface area contributed by atoms with Crippen LogP contribution in [0.1, 0.15) is 24.4 Å². The summed E-state index contributed by atoms with van der Waals surface area (Å²) < 4.78 is 8.15. The number of hydrogen-bond donors (Lipinski definition) is 0. The number of aromatic nitrogens is 4. The third-order valence-electron chi connectivity index (χ3n) is 4.08. The van der Waals surface area contributed by atoms with Crippen molar-refractivity contribution in [1.29, 1.82) is 0 Å². The lowest BCUT2D eigenvalue weighted by molar-refractivity contribution is -0.138. The summed E-state index contributed by atoms with van der Waals surface area (Å²) in [6, 6.07) is 4.29. The average molecular weight is 331 g/mol. The fourth-order valence-electron chi connectivity index (χ4n) is 2.82. The molecule has 1 saturated heterocycles. The zero-order chi connectivity index (χ0) is 17.3. The van der Waals surface area contributed by atoms with Gasteiger partial charge in [-0.2, -0.15) is 5.10 Å². The maximum atomic E-state index is 12.6. The van der Waals surface area contributed by atoms with E-state index in [9.17, 15) is 9.59 Å². The Bertz CT molecular complexity index is 804. The van der Waals surface area contributed by atoms with Crippen LogP contribution in [0.5, 0.6) is 0 Å². The van der Waals surface area contributed by atoms with E-state index in [2.05, 4.69) is 10.2 Å². The maximum Gasteiger partial charge on any atom is 0.267 e. The van der Waals surface area contributed by atoms with Crippen molar-refractivity contribution < 1.29 is 9.53 Å². The van der Waals surface area contributed by atoms with Crippen molar-refractivity contribution in [1.82, 2.24) is 24.5 Å². The van der Waals surface area contributed by atoms with Crippen LogP contribution in [0.3, 0.4) is 0 Å². The first-order chi connectivity index (χ1) is 11.5. The third-order valence-corrected chi connectivity index (χ3v) is 4.08. The average Bonchev–Trinajstić information content (AvgIpc) is 2.93. The van der Waals surface area contributed by atoms with Gasteiger partial charge in [0.1, 0.15) is 6.04 Å². The first-order valence-electron chi connectivity index (χ1n) is 7.97. The second-order valence-corrected chi connectivity index (χ2v) is 5.93. The topological polar surface area (TPSA) is 82.2 Å². The van der Waals surface area contributed by atoms with Gasteiger partial charge in [-0.15, -0.1) is 5.10 Å². The molecule has 8 heteroatoms. The van der Waals surface area contributed by atoms with Crippen LogP contribution < -0.4 is 5.56 Å². The molecule has 1 amide bonds. The number of carbonyl (C=O) groups is 1. The molecule has 24 heavy (non-hydrogen) atoms. The first-order valence-corrected chi connectivity index (χ1v) is 7.97. The van der Waals surface area contributed by atoms with E-state index < -0.39 is 6.04 Å². The number of carbonyl (C=O) groups excluding carboxylic acids is 1. The van der Waals surface area contributed by atoms with Gasteiger partial charge in [-0.25, -0.2) is 9.36 Å². The van der Waals surface area contributed by atoms with Gasteiger partial charge in [-0.1, -0.05) is 0 Å². The second kappa shape index (κ2) is 6.56. The predicted molar refractivity (Wildman–Crippen MR) is 87.2 cm³/mol. The summed E-state index contributed by atoms with van der Waals surface area (Å²) in [5, 5.41) is 8.73. The molecule has 3 heterocycles. The van der Waals surface area contributed by atoms with E-state index in [1.165, 1.54) is 10.7 Å². The molecule has 2 aromatic rings. The summed E-state index contributed by atoms with van der Waals surface area (Å²) in [4.78, 5) is 26.5. The summed E-state index contributed by atoms with van der Waals surface area (Å²) in [6.07, 6.45) is 0. The summed E-state index contributed by atoms with van der Waals surface area (Å²) in [5.41, 5.74) is 1.47. The Hall–Kier alpha value is -2.48. The Morgan fingerprint density at radius 1 is 1.21 bits per heavy atom. The lowest BCUT2D eigenvalue weighted by Gasteiger charge is -2.29. The molecule has 2 aromatic heterocycles. The number of rotatable bonds is 3. The summed E-state index contributed by atoms with van der Waals surface area (Å²) >= 11 is 0. The zero-order valence-electron chi connectivity index (χ0n) is 14.1. The molecule has 1 aliphatic rings. The number of nitrogens with zero attached hydrogens (tertiary/aromatic N) is 5. The van der Waals surface area contributed by atoms with Gasteiger partial charge >= 0.3 is 0 Å². The SMILES string of the molecule is Cc1cc(C)n(-c2ccc(=O)n(C(C)C(=O)N3CCOCC3)n2)n1. The molecule has 0 saturated carbocycles. The molecule has 0 bridgehead atoms. The molecule has 128 valence electrons. The third kappa shape index (κ3) is 3.09. The molecule has 0 spiro atoms. The van der Waals surface area contributed by atoms with Crippen LogP contribution in [-0.4, -0.2) is 56.7 Å². The van der Waals surface area contributed by atoms with Gasteiger partial charge in [0.05, 0.1) is 18.9 Å². The van der Waals surface area contributed by atoms with Gasteiger partial charge in [0.15, 0.2) is 5.82 Å². The van der Waals surface area contributed by atoms with Gasteiger partial charge in [-0.3, -0.25) is 9.59 Å². The molecule has 1 fully saturated rings. The summed E-state index contributed by atoms with van der Waals surface area (Å²) in [7, 11) is 0. The Kier molecular flexibility index (Phi) is 4.48. The monoisotopic (exact) mass is 331 g/mol. The molecule has 0 aromatic carbocycles. The van der Waals surface area contributed by atoms with Gasteiger partial charge in [0.25, 0.3) is 5.56 Å². The molecule has 0 N–H and O–H groups in total. The van der Waals surface area contributed by atoms with Crippen LogP contribution in [0.15, 0.2) is 23.0 Å². The number of amides is 1. The molecule has 0 radical (unpaired) electrons. The van der Waals surface area contributed by atoms with E-state index in [-0.39, 0.29) is 11.5 Å². The van der Waals surface area contributed by atoms with E-state index in [1.54, 1.807) is 22.6 Å². The molecule has 0 aliphatic carbocycles. The predicted octanol–water partition coefficient (Wildman–Crippen LogP) is 0.466. The summed E-state index contributed by atoms with van der Waals surface area (Å²) in [6.45, 7) is 7.62. The molecule has 1 atom stereocenters. The molecular formula is C16H21N5O3. The molecule has 1 unspecified atom stereocenters. The van der Waals surface area contributed by atoms with Crippen LogP contribution in [0.25, 0.3) is 5.82 Å². The Morgan fingerprint density at radius 2 is 1.92 bits per heavy atom. The molecular weight excluding hydrogens is 310 g/mol. The highest BCUT2D eigenvalue weighted by molar-refractivity contribution is 5.80.